The zero-order valence-corrected chi connectivity index (χ0v) is 13.9. The molecule has 6 nitrogen and oxygen atoms in total. The van der Waals surface area contributed by atoms with E-state index in [1.54, 1.807) is 30.1 Å². The second-order valence-corrected chi connectivity index (χ2v) is 6.27. The zero-order valence-electron chi connectivity index (χ0n) is 13.9. The number of ether oxygens (including phenoxy) is 3. The summed E-state index contributed by atoms with van der Waals surface area (Å²) in [4.78, 5) is 26.0. The Kier molecular flexibility index (Phi) is 5.23. The van der Waals surface area contributed by atoms with Crippen molar-refractivity contribution in [2.75, 3.05) is 20.3 Å². The minimum absolute atomic E-state index is 0.0858. The van der Waals surface area contributed by atoms with Crippen molar-refractivity contribution >= 4 is 11.9 Å². The fourth-order valence-corrected chi connectivity index (χ4v) is 3.14. The number of likely N-dealkylation sites (N-methyl/N-ethyl adjacent to an activating group) is 1. The lowest BCUT2D eigenvalue weighted by atomic mass is 9.94. The van der Waals surface area contributed by atoms with Crippen molar-refractivity contribution < 1.29 is 23.8 Å². The third-order valence-electron chi connectivity index (χ3n) is 4.63. The first kappa shape index (κ1) is 16.6. The van der Waals surface area contributed by atoms with Crippen LogP contribution in [0.15, 0.2) is 24.3 Å². The van der Waals surface area contributed by atoms with Crippen LogP contribution in [0.25, 0.3) is 0 Å². The fraction of sp³-hybridized carbons (Fsp3) is 0.556. The summed E-state index contributed by atoms with van der Waals surface area (Å²) in [5, 5.41) is 0. The number of para-hydroxylation sites is 2. The van der Waals surface area contributed by atoms with E-state index in [2.05, 4.69) is 0 Å². The molecule has 1 aromatic rings. The van der Waals surface area contributed by atoms with E-state index in [0.29, 0.717) is 11.5 Å². The molecule has 1 aromatic carbocycles. The molecule has 1 aliphatic carbocycles. The van der Waals surface area contributed by atoms with Crippen molar-refractivity contribution in [2.24, 2.45) is 0 Å². The van der Waals surface area contributed by atoms with Crippen LogP contribution in [0, 0.1) is 0 Å². The Labute approximate surface area is 141 Å². The van der Waals surface area contributed by atoms with E-state index in [1.807, 2.05) is 6.07 Å². The van der Waals surface area contributed by atoms with Crippen LogP contribution in [0.4, 0.5) is 0 Å². The number of hydrogen-bond acceptors (Lipinski definition) is 5. The molecule has 0 N–H and O–H groups in total. The summed E-state index contributed by atoms with van der Waals surface area (Å²) in [6, 6.07) is 7.40. The summed E-state index contributed by atoms with van der Waals surface area (Å²) in [7, 11) is 1.78. The topological polar surface area (TPSA) is 65.1 Å². The van der Waals surface area contributed by atoms with E-state index >= 15 is 0 Å². The molecule has 1 aliphatic heterocycles. The SMILES string of the molecule is CN(C(=O)COC(=O)[C@H]1COc2ccccc2O1)C1CCCCC1. The van der Waals surface area contributed by atoms with Gasteiger partial charge in [-0.2, -0.15) is 0 Å². The van der Waals surface area contributed by atoms with Gasteiger partial charge in [0.1, 0.15) is 6.61 Å². The van der Waals surface area contributed by atoms with Crippen LogP contribution in [-0.2, 0) is 14.3 Å². The molecule has 0 spiro atoms. The number of carbonyl (C=O) groups is 2. The van der Waals surface area contributed by atoms with Crippen molar-refractivity contribution in [2.45, 2.75) is 44.2 Å². The van der Waals surface area contributed by atoms with Gasteiger partial charge in [-0.3, -0.25) is 4.79 Å². The summed E-state index contributed by atoms with van der Waals surface area (Å²) in [5.41, 5.74) is 0. The molecule has 0 bridgehead atoms. The summed E-state index contributed by atoms with van der Waals surface area (Å²) >= 11 is 0. The summed E-state index contributed by atoms with van der Waals surface area (Å²) < 4.78 is 16.2. The maximum absolute atomic E-state index is 12.2. The fourth-order valence-electron chi connectivity index (χ4n) is 3.14. The number of rotatable bonds is 4. The largest absolute Gasteiger partial charge is 0.485 e. The van der Waals surface area contributed by atoms with Gasteiger partial charge in [0.2, 0.25) is 6.10 Å². The second-order valence-electron chi connectivity index (χ2n) is 6.27. The normalized spacial score (nSPS) is 20.3. The average molecular weight is 333 g/mol. The van der Waals surface area contributed by atoms with Crippen molar-refractivity contribution in [1.29, 1.82) is 0 Å². The van der Waals surface area contributed by atoms with Crippen LogP contribution in [0.1, 0.15) is 32.1 Å². The van der Waals surface area contributed by atoms with Gasteiger partial charge in [0, 0.05) is 13.1 Å². The smallest absolute Gasteiger partial charge is 0.351 e. The molecule has 3 rings (SSSR count). The molecular formula is C18H23NO5. The second kappa shape index (κ2) is 7.55. The van der Waals surface area contributed by atoms with Crippen LogP contribution in [-0.4, -0.2) is 49.2 Å². The Morgan fingerprint density at radius 1 is 1.17 bits per heavy atom. The van der Waals surface area contributed by atoms with Gasteiger partial charge in [-0.1, -0.05) is 31.4 Å². The molecule has 2 aliphatic rings. The third-order valence-corrected chi connectivity index (χ3v) is 4.63. The number of hydrogen-bond donors (Lipinski definition) is 0. The predicted molar refractivity (Wildman–Crippen MR) is 87.0 cm³/mol. The Morgan fingerprint density at radius 2 is 1.88 bits per heavy atom. The number of nitrogens with zero attached hydrogens (tertiary/aromatic N) is 1. The van der Waals surface area contributed by atoms with Gasteiger partial charge in [0.25, 0.3) is 5.91 Å². The predicted octanol–water partition coefficient (Wildman–Crippen LogP) is 2.16. The van der Waals surface area contributed by atoms with Gasteiger partial charge in [-0.15, -0.1) is 0 Å². The quantitative estimate of drug-likeness (QED) is 0.790. The van der Waals surface area contributed by atoms with Gasteiger partial charge < -0.3 is 19.1 Å². The molecule has 0 aromatic heterocycles. The lowest BCUT2D eigenvalue weighted by Gasteiger charge is -2.31. The van der Waals surface area contributed by atoms with E-state index in [9.17, 15) is 9.59 Å². The Bertz CT molecular complexity index is 597. The molecular weight excluding hydrogens is 310 g/mol. The average Bonchev–Trinajstić information content (AvgIpc) is 2.65. The molecule has 0 saturated heterocycles. The number of carbonyl (C=O) groups excluding carboxylic acids is 2. The highest BCUT2D eigenvalue weighted by Gasteiger charge is 2.30. The minimum atomic E-state index is -0.840. The standard InChI is InChI=1S/C18H23NO5/c1-19(13-7-3-2-4-8-13)17(20)12-23-18(21)16-11-22-14-9-5-6-10-15(14)24-16/h5-6,9-10,13,16H,2-4,7-8,11-12H2,1H3/t16-/m1/s1. The van der Waals surface area contributed by atoms with E-state index in [-0.39, 0.29) is 25.2 Å². The highest BCUT2D eigenvalue weighted by atomic mass is 16.6. The van der Waals surface area contributed by atoms with Crippen molar-refractivity contribution in [3.8, 4) is 11.5 Å². The van der Waals surface area contributed by atoms with Crippen LogP contribution in [0.3, 0.4) is 0 Å². The van der Waals surface area contributed by atoms with Gasteiger partial charge in [-0.25, -0.2) is 4.79 Å². The molecule has 6 heteroatoms. The van der Waals surface area contributed by atoms with Crippen molar-refractivity contribution in [3.05, 3.63) is 24.3 Å². The molecule has 1 amide bonds. The molecule has 130 valence electrons. The molecule has 0 unspecified atom stereocenters. The maximum Gasteiger partial charge on any atom is 0.351 e. The molecule has 0 radical (unpaired) electrons. The Balaban J connectivity index is 1.48. The third kappa shape index (κ3) is 3.80. The van der Waals surface area contributed by atoms with E-state index in [0.717, 1.165) is 25.7 Å². The highest BCUT2D eigenvalue weighted by Crippen LogP contribution is 2.31. The number of fused-ring (bicyclic) bond motifs is 1. The van der Waals surface area contributed by atoms with E-state index in [1.165, 1.54) is 6.42 Å². The first-order valence-corrected chi connectivity index (χ1v) is 8.46. The van der Waals surface area contributed by atoms with E-state index in [4.69, 9.17) is 14.2 Å². The lowest BCUT2D eigenvalue weighted by Crippen LogP contribution is -2.43. The molecule has 1 heterocycles. The summed E-state index contributed by atoms with van der Waals surface area (Å²) in [6.07, 6.45) is 4.73. The van der Waals surface area contributed by atoms with E-state index < -0.39 is 12.1 Å². The first-order chi connectivity index (χ1) is 11.6. The lowest BCUT2D eigenvalue weighted by molar-refractivity contribution is -0.160. The van der Waals surface area contributed by atoms with Gasteiger partial charge >= 0.3 is 5.97 Å². The van der Waals surface area contributed by atoms with Gasteiger partial charge in [0.05, 0.1) is 0 Å². The molecule has 1 atom stereocenters. The number of amides is 1. The zero-order chi connectivity index (χ0) is 16.9. The highest BCUT2D eigenvalue weighted by molar-refractivity contribution is 5.82. The van der Waals surface area contributed by atoms with Crippen LogP contribution in [0.2, 0.25) is 0 Å². The maximum atomic E-state index is 12.2. The number of esters is 1. The first-order valence-electron chi connectivity index (χ1n) is 8.46. The Hall–Kier alpha value is -2.24. The molecule has 24 heavy (non-hydrogen) atoms. The minimum Gasteiger partial charge on any atom is -0.485 e. The molecule has 1 fully saturated rings. The van der Waals surface area contributed by atoms with Crippen LogP contribution in [0.5, 0.6) is 11.5 Å². The van der Waals surface area contributed by atoms with Crippen molar-refractivity contribution in [1.82, 2.24) is 4.90 Å². The van der Waals surface area contributed by atoms with Crippen LogP contribution >= 0.6 is 0 Å². The number of benzene rings is 1. The summed E-state index contributed by atoms with van der Waals surface area (Å²) in [5.74, 6) is 0.369. The van der Waals surface area contributed by atoms with Gasteiger partial charge in [-0.05, 0) is 25.0 Å². The monoisotopic (exact) mass is 333 g/mol. The van der Waals surface area contributed by atoms with Gasteiger partial charge in [0.15, 0.2) is 18.1 Å². The molecule has 1 saturated carbocycles. The van der Waals surface area contributed by atoms with Crippen molar-refractivity contribution in [3.63, 3.8) is 0 Å². The summed E-state index contributed by atoms with van der Waals surface area (Å²) in [6.45, 7) is -0.171. The van der Waals surface area contributed by atoms with Crippen LogP contribution < -0.4 is 9.47 Å². The Morgan fingerprint density at radius 3 is 2.62 bits per heavy atom.